The molecule has 0 aromatic heterocycles. The topological polar surface area (TPSA) is 20.3 Å². The average molecular weight is 196 g/mol. The van der Waals surface area contributed by atoms with Gasteiger partial charge >= 0.3 is 0 Å². The number of amides is 1. The fourth-order valence-electron chi connectivity index (χ4n) is 1.62. The quantitative estimate of drug-likeness (QED) is 0.495. The summed E-state index contributed by atoms with van der Waals surface area (Å²) >= 11 is 5.90. The van der Waals surface area contributed by atoms with Gasteiger partial charge in [-0.25, -0.2) is 0 Å². The summed E-state index contributed by atoms with van der Waals surface area (Å²) in [5.41, 5.74) is 1.10. The Morgan fingerprint density at radius 2 is 1.92 bits per heavy atom. The highest BCUT2D eigenvalue weighted by molar-refractivity contribution is 6.33. The van der Waals surface area contributed by atoms with E-state index in [2.05, 4.69) is 0 Å². The molecule has 1 aromatic rings. The van der Waals surface area contributed by atoms with E-state index in [0.717, 1.165) is 5.56 Å². The van der Waals surface area contributed by atoms with Crippen molar-refractivity contribution in [1.82, 2.24) is 4.90 Å². The van der Waals surface area contributed by atoms with Gasteiger partial charge in [0.2, 0.25) is 5.91 Å². The first-order valence-corrected chi connectivity index (χ1v) is 4.61. The monoisotopic (exact) mass is 195 g/mol. The minimum Gasteiger partial charge on any atom is -0.335 e. The van der Waals surface area contributed by atoms with Gasteiger partial charge in [-0.05, 0) is 5.56 Å². The fourth-order valence-corrected chi connectivity index (χ4v) is 2.09. The number of rotatable bonds is 1. The molecule has 68 valence electrons. The van der Waals surface area contributed by atoms with E-state index in [9.17, 15) is 4.79 Å². The zero-order valence-electron chi connectivity index (χ0n) is 7.27. The molecule has 0 radical (unpaired) electrons. The lowest BCUT2D eigenvalue weighted by Crippen LogP contribution is -2.53. The van der Waals surface area contributed by atoms with Crippen LogP contribution in [0.4, 0.5) is 0 Å². The Morgan fingerprint density at radius 3 is 2.46 bits per heavy atom. The van der Waals surface area contributed by atoms with Gasteiger partial charge in [0, 0.05) is 7.05 Å². The molecule has 0 aliphatic carbocycles. The lowest BCUT2D eigenvalue weighted by atomic mass is 9.94. The highest BCUT2D eigenvalue weighted by atomic mass is 35.5. The third-order valence-electron chi connectivity index (χ3n) is 2.42. The van der Waals surface area contributed by atoms with E-state index < -0.39 is 0 Å². The van der Waals surface area contributed by atoms with Crippen LogP contribution in [0.3, 0.4) is 0 Å². The fraction of sp³-hybridized carbons (Fsp3) is 0.300. The molecule has 0 N–H and O–H groups in total. The van der Waals surface area contributed by atoms with Crippen LogP contribution >= 0.6 is 11.6 Å². The Labute approximate surface area is 82.1 Å². The van der Waals surface area contributed by atoms with Crippen LogP contribution in [-0.2, 0) is 4.79 Å². The molecule has 1 heterocycles. The lowest BCUT2D eigenvalue weighted by Gasteiger charge is -2.41. The number of benzene rings is 1. The van der Waals surface area contributed by atoms with Crippen LogP contribution in [0.5, 0.6) is 0 Å². The molecule has 2 nitrogen and oxygen atoms in total. The van der Waals surface area contributed by atoms with E-state index in [4.69, 9.17) is 11.6 Å². The molecule has 2 rings (SSSR count). The number of carbonyl (C=O) groups is 1. The van der Waals surface area contributed by atoms with Gasteiger partial charge in [0.15, 0.2) is 0 Å². The van der Waals surface area contributed by atoms with Crippen LogP contribution < -0.4 is 0 Å². The molecule has 0 saturated carbocycles. The number of halogens is 1. The van der Waals surface area contributed by atoms with Crippen LogP contribution in [0.1, 0.15) is 11.6 Å². The number of carbonyl (C=O) groups excluding carboxylic acids is 1. The summed E-state index contributed by atoms with van der Waals surface area (Å²) in [5.74, 6) is 0.00974. The Hall–Kier alpha value is -1.02. The van der Waals surface area contributed by atoms with E-state index in [0.29, 0.717) is 0 Å². The molecule has 1 aromatic carbocycles. The molecule has 0 unspecified atom stereocenters. The Bertz CT molecular complexity index is 313. The van der Waals surface area contributed by atoms with E-state index >= 15 is 0 Å². The van der Waals surface area contributed by atoms with Crippen molar-refractivity contribution in [3.63, 3.8) is 0 Å². The third kappa shape index (κ3) is 1.22. The molecular formula is C10H10ClNO. The van der Waals surface area contributed by atoms with Crippen LogP contribution in [0.25, 0.3) is 0 Å². The average Bonchev–Trinajstić information content (AvgIpc) is 2.19. The van der Waals surface area contributed by atoms with Crippen molar-refractivity contribution >= 4 is 17.5 Å². The maximum atomic E-state index is 11.1. The van der Waals surface area contributed by atoms with Gasteiger partial charge in [0.25, 0.3) is 0 Å². The minimum absolute atomic E-state index is 0.00974. The number of β-lactam (4-membered cyclic amide) rings is 1. The molecule has 0 spiro atoms. The molecular weight excluding hydrogens is 186 g/mol. The molecule has 1 saturated heterocycles. The van der Waals surface area contributed by atoms with Crippen molar-refractivity contribution in [1.29, 1.82) is 0 Å². The number of likely N-dealkylation sites (tertiary alicyclic amines) is 1. The SMILES string of the molecule is CN1C(=O)[C@H](Cl)[C@H]1c1ccccc1. The first-order valence-electron chi connectivity index (χ1n) is 4.17. The second kappa shape index (κ2) is 3.04. The first-order chi connectivity index (χ1) is 6.22. The van der Waals surface area contributed by atoms with Crippen LogP contribution in [0.2, 0.25) is 0 Å². The number of nitrogens with zero attached hydrogens (tertiary/aromatic N) is 1. The predicted molar refractivity (Wildman–Crippen MR) is 51.6 cm³/mol. The highest BCUT2D eigenvalue weighted by Crippen LogP contribution is 2.36. The van der Waals surface area contributed by atoms with Crippen LogP contribution in [-0.4, -0.2) is 23.2 Å². The molecule has 2 atom stereocenters. The Balaban J connectivity index is 2.25. The third-order valence-corrected chi connectivity index (χ3v) is 2.84. The predicted octanol–water partition coefficient (Wildman–Crippen LogP) is 1.81. The number of alkyl halides is 1. The van der Waals surface area contributed by atoms with Crippen LogP contribution in [0.15, 0.2) is 30.3 Å². The molecule has 1 fully saturated rings. The van der Waals surface area contributed by atoms with Crippen LogP contribution in [0, 0.1) is 0 Å². The largest absolute Gasteiger partial charge is 0.335 e. The molecule has 0 bridgehead atoms. The summed E-state index contributed by atoms with van der Waals surface area (Å²) in [7, 11) is 1.78. The second-order valence-corrected chi connectivity index (χ2v) is 3.68. The van der Waals surface area contributed by atoms with E-state index in [1.54, 1.807) is 11.9 Å². The standard InChI is InChI=1S/C10H10ClNO/c1-12-9(8(11)10(12)13)7-5-3-2-4-6-7/h2-6,8-9H,1H3/t8-,9-/m1/s1. The molecule has 1 aliphatic heterocycles. The Morgan fingerprint density at radius 1 is 1.31 bits per heavy atom. The van der Waals surface area contributed by atoms with E-state index in [1.807, 2.05) is 30.3 Å². The van der Waals surface area contributed by atoms with Gasteiger partial charge in [0.1, 0.15) is 5.38 Å². The van der Waals surface area contributed by atoms with E-state index in [-0.39, 0.29) is 17.3 Å². The number of hydrogen-bond donors (Lipinski definition) is 0. The van der Waals surface area contributed by atoms with Gasteiger partial charge in [-0.2, -0.15) is 0 Å². The van der Waals surface area contributed by atoms with Crippen molar-refractivity contribution < 1.29 is 4.79 Å². The summed E-state index contributed by atoms with van der Waals surface area (Å²) in [5, 5.41) is -0.382. The Kier molecular flexibility index (Phi) is 2.00. The summed E-state index contributed by atoms with van der Waals surface area (Å²) < 4.78 is 0. The maximum absolute atomic E-state index is 11.1. The van der Waals surface area contributed by atoms with E-state index in [1.165, 1.54) is 0 Å². The van der Waals surface area contributed by atoms with Crippen molar-refractivity contribution in [2.45, 2.75) is 11.4 Å². The van der Waals surface area contributed by atoms with Crippen molar-refractivity contribution in [3.05, 3.63) is 35.9 Å². The smallest absolute Gasteiger partial charge is 0.243 e. The summed E-state index contributed by atoms with van der Waals surface area (Å²) in [6.07, 6.45) is 0. The summed E-state index contributed by atoms with van der Waals surface area (Å²) in [4.78, 5) is 12.8. The molecule has 1 aliphatic rings. The number of hydrogen-bond acceptors (Lipinski definition) is 1. The van der Waals surface area contributed by atoms with Gasteiger partial charge < -0.3 is 4.90 Å². The minimum atomic E-state index is -0.382. The highest BCUT2D eigenvalue weighted by Gasteiger charge is 2.44. The van der Waals surface area contributed by atoms with Crippen molar-refractivity contribution in [2.75, 3.05) is 7.05 Å². The molecule has 1 amide bonds. The summed E-state index contributed by atoms with van der Waals surface area (Å²) in [6, 6.07) is 9.89. The molecule has 13 heavy (non-hydrogen) atoms. The normalized spacial score (nSPS) is 27.2. The van der Waals surface area contributed by atoms with Gasteiger partial charge in [0.05, 0.1) is 6.04 Å². The zero-order valence-corrected chi connectivity index (χ0v) is 8.03. The maximum Gasteiger partial charge on any atom is 0.243 e. The summed E-state index contributed by atoms with van der Waals surface area (Å²) in [6.45, 7) is 0. The molecule has 3 heteroatoms. The van der Waals surface area contributed by atoms with Gasteiger partial charge in [-0.15, -0.1) is 11.6 Å². The van der Waals surface area contributed by atoms with Gasteiger partial charge in [-0.3, -0.25) is 4.79 Å². The lowest BCUT2D eigenvalue weighted by molar-refractivity contribution is -0.142. The second-order valence-electron chi connectivity index (χ2n) is 3.21. The zero-order chi connectivity index (χ0) is 9.42. The van der Waals surface area contributed by atoms with Crippen molar-refractivity contribution in [3.8, 4) is 0 Å². The van der Waals surface area contributed by atoms with Gasteiger partial charge in [-0.1, -0.05) is 30.3 Å². The first kappa shape index (κ1) is 8.57. The van der Waals surface area contributed by atoms with Crippen molar-refractivity contribution in [2.24, 2.45) is 0 Å².